The van der Waals surface area contributed by atoms with Crippen LogP contribution in [0.15, 0.2) is 264 Å². The third kappa shape index (κ3) is 7.38. The summed E-state index contributed by atoms with van der Waals surface area (Å²) in [5.74, 6) is 1.80. The predicted octanol–water partition coefficient (Wildman–Crippen LogP) is 18.4. The summed E-state index contributed by atoms with van der Waals surface area (Å²) in [6.07, 6.45) is 0. The van der Waals surface area contributed by atoms with Gasteiger partial charge in [0.05, 0.1) is 11.0 Å². The van der Waals surface area contributed by atoms with Crippen molar-refractivity contribution >= 4 is 65.7 Å². The van der Waals surface area contributed by atoms with Gasteiger partial charge in [-0.3, -0.25) is 0 Å². The molecular formula is C69H42N4O2. The molecule has 0 radical (unpaired) electrons. The second-order valence-electron chi connectivity index (χ2n) is 19.2. The van der Waals surface area contributed by atoms with E-state index in [1.807, 2.05) is 42.5 Å². The molecule has 350 valence electrons. The lowest BCUT2D eigenvalue weighted by molar-refractivity contribution is 0.668. The molecule has 11 aromatic carbocycles. The first kappa shape index (κ1) is 42.5. The van der Waals surface area contributed by atoms with Crippen molar-refractivity contribution in [1.29, 1.82) is 0 Å². The summed E-state index contributed by atoms with van der Waals surface area (Å²) in [5, 5.41) is 6.68. The first-order valence-electron chi connectivity index (χ1n) is 25.2. The van der Waals surface area contributed by atoms with Gasteiger partial charge in [0.15, 0.2) is 17.5 Å². The monoisotopic (exact) mass is 958 g/mol. The maximum Gasteiger partial charge on any atom is 0.164 e. The lowest BCUT2D eigenvalue weighted by Gasteiger charge is -2.09. The van der Waals surface area contributed by atoms with Crippen molar-refractivity contribution in [3.63, 3.8) is 0 Å². The largest absolute Gasteiger partial charge is 0.456 e. The highest BCUT2D eigenvalue weighted by Crippen LogP contribution is 2.40. The van der Waals surface area contributed by atoms with Crippen LogP contribution in [0.3, 0.4) is 0 Å². The fourth-order valence-electron chi connectivity index (χ4n) is 10.9. The van der Waals surface area contributed by atoms with Crippen molar-refractivity contribution in [2.75, 3.05) is 0 Å². The molecule has 15 aromatic rings. The molecule has 0 spiro atoms. The standard InChI is InChI=1S/C69H42N4O2/c1-4-13-43(14-5-1)45-23-25-47(26-24-45)68-70-67(46-17-8-3-9-18-46)71-69(72-68)53-28-33-57-56-32-27-52(40-65(56)75-66(57)41-53)49-20-12-19-48(37-49)51-30-35-63-59(39-51)60-42-54(31-36-64(60)74-63)73-61-22-11-10-21-55(61)58-38-50(29-34-62(58)73)44-15-6-2-7-16-44/h1-42H. The molecule has 0 unspecified atom stereocenters. The van der Waals surface area contributed by atoms with Gasteiger partial charge in [-0.05, 0) is 123 Å². The number of nitrogens with zero attached hydrogens (tertiary/aromatic N) is 4. The fourth-order valence-corrected chi connectivity index (χ4v) is 10.9. The molecule has 4 aromatic heterocycles. The highest BCUT2D eigenvalue weighted by Gasteiger charge is 2.18. The van der Waals surface area contributed by atoms with E-state index in [1.54, 1.807) is 0 Å². The maximum absolute atomic E-state index is 6.68. The molecule has 0 aliphatic carbocycles. The van der Waals surface area contributed by atoms with E-state index >= 15 is 0 Å². The third-order valence-electron chi connectivity index (χ3n) is 14.7. The zero-order chi connectivity index (χ0) is 49.4. The molecule has 0 N–H and O–H groups in total. The lowest BCUT2D eigenvalue weighted by Crippen LogP contribution is -2.00. The molecular weight excluding hydrogens is 917 g/mol. The number of hydrogen-bond acceptors (Lipinski definition) is 5. The Morgan fingerprint density at radius 1 is 0.227 bits per heavy atom. The van der Waals surface area contributed by atoms with E-state index in [9.17, 15) is 0 Å². The van der Waals surface area contributed by atoms with Crippen molar-refractivity contribution in [3.05, 3.63) is 255 Å². The van der Waals surface area contributed by atoms with Gasteiger partial charge in [0.2, 0.25) is 0 Å². The van der Waals surface area contributed by atoms with E-state index in [4.69, 9.17) is 23.8 Å². The Hall–Kier alpha value is -10.2. The van der Waals surface area contributed by atoms with Gasteiger partial charge in [0, 0.05) is 54.7 Å². The number of hydrogen-bond donors (Lipinski definition) is 0. The number of aromatic nitrogens is 4. The first-order valence-corrected chi connectivity index (χ1v) is 25.2. The highest BCUT2D eigenvalue weighted by molar-refractivity contribution is 6.12. The van der Waals surface area contributed by atoms with Crippen molar-refractivity contribution in [3.8, 4) is 84.4 Å². The van der Waals surface area contributed by atoms with Crippen LogP contribution in [0.4, 0.5) is 0 Å². The fraction of sp³-hybridized carbons (Fsp3) is 0. The summed E-state index contributed by atoms with van der Waals surface area (Å²) in [7, 11) is 0. The van der Waals surface area contributed by atoms with Crippen molar-refractivity contribution in [2.45, 2.75) is 0 Å². The Morgan fingerprint density at radius 3 is 1.35 bits per heavy atom. The predicted molar refractivity (Wildman–Crippen MR) is 307 cm³/mol. The van der Waals surface area contributed by atoms with Gasteiger partial charge in [-0.15, -0.1) is 0 Å². The third-order valence-corrected chi connectivity index (χ3v) is 14.7. The highest BCUT2D eigenvalue weighted by atomic mass is 16.3. The van der Waals surface area contributed by atoms with E-state index in [0.717, 1.165) is 99.6 Å². The molecule has 0 atom stereocenters. The molecule has 6 nitrogen and oxygen atoms in total. The summed E-state index contributed by atoms with van der Waals surface area (Å²) in [6, 6.07) is 89.4. The Morgan fingerprint density at radius 2 is 0.640 bits per heavy atom. The van der Waals surface area contributed by atoms with Crippen LogP contribution in [0.1, 0.15) is 0 Å². The number of furan rings is 2. The SMILES string of the molecule is c1ccc(-c2ccc(-c3nc(-c4ccccc4)nc(-c4ccc5c(c4)oc4cc(-c6cccc(-c7ccc8oc9ccc(-n%10c%11ccccc%11c%11cc(-c%12ccccc%12)ccc%11%10)cc9c8c7)c6)ccc45)n3)cc2)cc1. The van der Waals surface area contributed by atoms with Crippen molar-refractivity contribution in [2.24, 2.45) is 0 Å². The number of para-hydroxylation sites is 1. The number of rotatable bonds is 8. The average molecular weight is 959 g/mol. The zero-order valence-electron chi connectivity index (χ0n) is 40.4. The van der Waals surface area contributed by atoms with Gasteiger partial charge < -0.3 is 13.4 Å². The summed E-state index contributed by atoms with van der Waals surface area (Å²) in [5.41, 5.74) is 18.5. The molecule has 0 aliphatic rings. The topological polar surface area (TPSA) is 69.9 Å². The summed E-state index contributed by atoms with van der Waals surface area (Å²) < 4.78 is 15.5. The Balaban J connectivity index is 0.760. The van der Waals surface area contributed by atoms with Gasteiger partial charge in [0.25, 0.3) is 0 Å². The van der Waals surface area contributed by atoms with Crippen LogP contribution in [0.25, 0.3) is 150 Å². The van der Waals surface area contributed by atoms with Crippen molar-refractivity contribution in [1.82, 2.24) is 19.5 Å². The summed E-state index contributed by atoms with van der Waals surface area (Å²) in [6.45, 7) is 0. The van der Waals surface area contributed by atoms with E-state index in [0.29, 0.717) is 17.5 Å². The minimum atomic E-state index is 0.578. The van der Waals surface area contributed by atoms with Crippen LogP contribution >= 0.6 is 0 Å². The molecule has 0 saturated carbocycles. The molecule has 75 heavy (non-hydrogen) atoms. The smallest absolute Gasteiger partial charge is 0.164 e. The van der Waals surface area contributed by atoms with Gasteiger partial charge in [-0.2, -0.15) is 0 Å². The van der Waals surface area contributed by atoms with Crippen LogP contribution in [-0.2, 0) is 0 Å². The Bertz CT molecular complexity index is 4690. The molecule has 0 saturated heterocycles. The van der Waals surface area contributed by atoms with Crippen LogP contribution in [-0.4, -0.2) is 19.5 Å². The summed E-state index contributed by atoms with van der Waals surface area (Å²) >= 11 is 0. The number of fused-ring (bicyclic) bond motifs is 9. The number of benzene rings is 11. The molecule has 0 fully saturated rings. The van der Waals surface area contributed by atoms with E-state index < -0.39 is 0 Å². The Kier molecular flexibility index (Phi) is 9.78. The first-order chi connectivity index (χ1) is 37.1. The van der Waals surface area contributed by atoms with Gasteiger partial charge in [-0.25, -0.2) is 15.0 Å². The van der Waals surface area contributed by atoms with Gasteiger partial charge >= 0.3 is 0 Å². The molecule has 0 bridgehead atoms. The van der Waals surface area contributed by atoms with E-state index in [1.165, 1.54) is 32.9 Å². The van der Waals surface area contributed by atoms with Crippen molar-refractivity contribution < 1.29 is 8.83 Å². The second kappa shape index (κ2) is 17.3. The Labute approximate surface area is 431 Å². The van der Waals surface area contributed by atoms with Gasteiger partial charge in [-0.1, -0.05) is 176 Å². The van der Waals surface area contributed by atoms with Crippen LogP contribution in [0.5, 0.6) is 0 Å². The van der Waals surface area contributed by atoms with Crippen LogP contribution < -0.4 is 0 Å². The molecule has 6 heteroatoms. The zero-order valence-corrected chi connectivity index (χ0v) is 40.4. The van der Waals surface area contributed by atoms with Crippen LogP contribution in [0, 0.1) is 0 Å². The molecule has 0 amide bonds. The quantitative estimate of drug-likeness (QED) is 0.152. The normalized spacial score (nSPS) is 11.7. The van der Waals surface area contributed by atoms with E-state index in [-0.39, 0.29) is 0 Å². The second-order valence-corrected chi connectivity index (χ2v) is 19.2. The lowest BCUT2D eigenvalue weighted by atomic mass is 9.97. The minimum absolute atomic E-state index is 0.578. The van der Waals surface area contributed by atoms with Crippen LogP contribution in [0.2, 0.25) is 0 Å². The molecule has 4 heterocycles. The molecule has 0 aliphatic heterocycles. The summed E-state index contributed by atoms with van der Waals surface area (Å²) in [4.78, 5) is 15.0. The van der Waals surface area contributed by atoms with E-state index in [2.05, 4.69) is 217 Å². The molecule has 15 rings (SSSR count). The van der Waals surface area contributed by atoms with Gasteiger partial charge in [0.1, 0.15) is 22.3 Å². The minimum Gasteiger partial charge on any atom is -0.456 e. The average Bonchev–Trinajstić information content (AvgIpc) is 4.19. The maximum atomic E-state index is 6.68.